The number of amides is 1. The lowest BCUT2D eigenvalue weighted by Gasteiger charge is -2.10. The highest BCUT2D eigenvalue weighted by Gasteiger charge is 2.13. The lowest BCUT2D eigenvalue weighted by atomic mass is 10.2. The van der Waals surface area contributed by atoms with E-state index in [-0.39, 0.29) is 18.1 Å². The molecule has 0 fully saturated rings. The molecule has 25 heavy (non-hydrogen) atoms. The predicted octanol–water partition coefficient (Wildman–Crippen LogP) is 5.51. The minimum absolute atomic E-state index is 0.107. The highest BCUT2D eigenvalue weighted by atomic mass is 32.2. The fraction of sp³-hybridized carbons (Fsp3) is 0.167. The van der Waals surface area contributed by atoms with Crippen molar-refractivity contribution in [1.82, 2.24) is 0 Å². The normalized spacial score (nSPS) is 10.2. The minimum atomic E-state index is -2.30. The average molecular weight is 367 g/mol. The van der Waals surface area contributed by atoms with Crippen LogP contribution >= 0.6 is 11.8 Å². The summed E-state index contributed by atoms with van der Waals surface area (Å²) >= 11 is 1.15. The lowest BCUT2D eigenvalue weighted by molar-refractivity contribution is 0.102. The number of ether oxygens (including phenoxy) is 1. The molecule has 2 rings (SSSR count). The van der Waals surface area contributed by atoms with Crippen LogP contribution in [0.3, 0.4) is 0 Å². The Morgan fingerprint density at radius 3 is 2.40 bits per heavy atom. The van der Waals surface area contributed by atoms with Crippen LogP contribution in [0.5, 0.6) is 5.75 Å². The lowest BCUT2D eigenvalue weighted by Crippen LogP contribution is -2.13. The molecule has 1 N–H and O–H groups in total. The topological polar surface area (TPSA) is 38.3 Å². The summed E-state index contributed by atoms with van der Waals surface area (Å²) in [6.45, 7) is 0. The summed E-state index contributed by atoms with van der Waals surface area (Å²) < 4.78 is 42.1. The van der Waals surface area contributed by atoms with E-state index in [1.54, 1.807) is 55.6 Å². The fourth-order valence-electron chi connectivity index (χ4n) is 2.00. The van der Waals surface area contributed by atoms with Gasteiger partial charge in [-0.3, -0.25) is 4.79 Å². The summed E-state index contributed by atoms with van der Waals surface area (Å²) in [5, 5.41) is 2.76. The Balaban J connectivity index is 2.05. The van der Waals surface area contributed by atoms with Crippen LogP contribution in [-0.2, 0) is 0 Å². The summed E-state index contributed by atoms with van der Waals surface area (Å²) in [4.78, 5) is 13.0. The average Bonchev–Trinajstić information content (AvgIpc) is 2.62. The van der Waals surface area contributed by atoms with Crippen molar-refractivity contribution in [2.45, 2.75) is 11.3 Å². The molecule has 0 bridgehead atoms. The van der Waals surface area contributed by atoms with Crippen LogP contribution in [0.4, 0.5) is 18.9 Å². The van der Waals surface area contributed by atoms with E-state index in [1.807, 2.05) is 0 Å². The summed E-state index contributed by atoms with van der Waals surface area (Å²) in [6, 6.07) is 13.6. The first-order valence-corrected chi connectivity index (χ1v) is 8.36. The Morgan fingerprint density at radius 1 is 1.08 bits per heavy atom. The molecule has 2 aromatic carbocycles. The molecule has 0 aliphatic heterocycles. The number of rotatable bonds is 7. The molecule has 0 unspecified atom stereocenters. The number of nitrogens with one attached hydrogen (secondary N) is 1. The number of anilines is 1. The number of carbonyl (C=O) groups excluding carboxylic acids is 1. The maximum absolute atomic E-state index is 12.9. The van der Waals surface area contributed by atoms with Crippen LogP contribution in [0.25, 0.3) is 0 Å². The maximum Gasteiger partial charge on any atom is 0.301 e. The second-order valence-electron chi connectivity index (χ2n) is 4.94. The number of methoxy groups -OCH3 is 1. The van der Waals surface area contributed by atoms with Crippen LogP contribution in [0.2, 0.25) is 0 Å². The van der Waals surface area contributed by atoms with Gasteiger partial charge in [-0.2, -0.15) is 8.78 Å². The van der Waals surface area contributed by atoms with E-state index in [1.165, 1.54) is 0 Å². The zero-order valence-corrected chi connectivity index (χ0v) is 14.2. The van der Waals surface area contributed by atoms with Crippen molar-refractivity contribution < 1.29 is 22.7 Å². The van der Waals surface area contributed by atoms with Gasteiger partial charge in [-0.1, -0.05) is 12.1 Å². The van der Waals surface area contributed by atoms with Crippen molar-refractivity contribution in [3.05, 3.63) is 66.0 Å². The number of benzene rings is 2. The molecule has 0 aliphatic rings. The van der Waals surface area contributed by atoms with Crippen molar-refractivity contribution in [3.63, 3.8) is 0 Å². The van der Waals surface area contributed by atoms with E-state index in [0.29, 0.717) is 21.9 Å². The van der Waals surface area contributed by atoms with Crippen LogP contribution in [0, 0.1) is 0 Å². The molecule has 2 aromatic rings. The number of carbonyl (C=O) groups is 1. The van der Waals surface area contributed by atoms with Gasteiger partial charge in [-0.05, 0) is 36.4 Å². The van der Waals surface area contributed by atoms with Gasteiger partial charge >= 0.3 is 6.08 Å². The van der Waals surface area contributed by atoms with E-state index in [4.69, 9.17) is 4.74 Å². The van der Waals surface area contributed by atoms with Crippen molar-refractivity contribution in [1.29, 1.82) is 0 Å². The van der Waals surface area contributed by atoms with Crippen LogP contribution in [-0.4, -0.2) is 18.8 Å². The second-order valence-corrected chi connectivity index (χ2v) is 6.08. The number of allylic oxidation sites excluding steroid dienone is 1. The maximum atomic E-state index is 12.9. The number of hydrogen-bond acceptors (Lipinski definition) is 3. The molecule has 0 heterocycles. The quantitative estimate of drug-likeness (QED) is 0.656. The second kappa shape index (κ2) is 9.17. The molecule has 3 nitrogen and oxygen atoms in total. The van der Waals surface area contributed by atoms with Gasteiger partial charge < -0.3 is 10.1 Å². The summed E-state index contributed by atoms with van der Waals surface area (Å²) in [6.07, 6.45) is -2.69. The molecule has 0 atom stereocenters. The highest BCUT2D eigenvalue weighted by molar-refractivity contribution is 7.99. The number of hydrogen-bond donors (Lipinski definition) is 1. The molecule has 0 aromatic heterocycles. The molecule has 132 valence electrons. The Bertz CT molecular complexity index is 759. The molecule has 0 aliphatic carbocycles. The zero-order chi connectivity index (χ0) is 18.2. The Hall–Kier alpha value is -2.41. The van der Waals surface area contributed by atoms with E-state index in [9.17, 15) is 18.0 Å². The Labute approximate surface area is 147 Å². The fourth-order valence-corrected chi connectivity index (χ4v) is 2.99. The zero-order valence-electron chi connectivity index (χ0n) is 13.4. The van der Waals surface area contributed by atoms with Gasteiger partial charge in [0, 0.05) is 22.8 Å². The summed E-state index contributed by atoms with van der Waals surface area (Å²) in [7, 11) is 1.55. The van der Waals surface area contributed by atoms with Crippen molar-refractivity contribution in [2.24, 2.45) is 0 Å². The summed E-state index contributed by atoms with van der Waals surface area (Å²) in [5.41, 5.74) is 0.993. The molecule has 1 amide bonds. The van der Waals surface area contributed by atoms with Gasteiger partial charge in [0.05, 0.1) is 12.7 Å². The smallest absolute Gasteiger partial charge is 0.301 e. The van der Waals surface area contributed by atoms with Gasteiger partial charge in [-0.15, -0.1) is 11.8 Å². The molecule has 0 saturated carbocycles. The van der Waals surface area contributed by atoms with Crippen LogP contribution in [0.1, 0.15) is 16.8 Å². The van der Waals surface area contributed by atoms with Gasteiger partial charge in [0.15, 0.2) is 5.83 Å². The third-order valence-corrected chi connectivity index (χ3v) is 4.34. The van der Waals surface area contributed by atoms with Crippen molar-refractivity contribution in [3.8, 4) is 5.75 Å². The number of halogens is 3. The van der Waals surface area contributed by atoms with Gasteiger partial charge in [0.2, 0.25) is 0 Å². The monoisotopic (exact) mass is 367 g/mol. The summed E-state index contributed by atoms with van der Waals surface area (Å²) in [5.74, 6) is -0.978. The first kappa shape index (κ1) is 18.9. The molecule has 0 radical (unpaired) electrons. The van der Waals surface area contributed by atoms with E-state index >= 15 is 0 Å². The molecule has 7 heteroatoms. The molecular weight excluding hydrogens is 351 g/mol. The Kier molecular flexibility index (Phi) is 6.94. The standard InChI is InChI=1S/C18H16F3NO2S/c1-24-13-8-6-12(7-9-13)22-18(23)14-4-2-3-5-16(14)25-11-10-15(19)17(20)21/h2-9H,10-11H2,1H3,(H,22,23). The predicted molar refractivity (Wildman–Crippen MR) is 93.1 cm³/mol. The molecular formula is C18H16F3NO2S. The van der Waals surface area contributed by atoms with E-state index in [2.05, 4.69) is 5.32 Å². The van der Waals surface area contributed by atoms with Gasteiger partial charge in [-0.25, -0.2) is 4.39 Å². The number of thioether (sulfide) groups is 1. The van der Waals surface area contributed by atoms with Gasteiger partial charge in [0.25, 0.3) is 5.91 Å². The van der Waals surface area contributed by atoms with Crippen molar-refractivity contribution >= 4 is 23.4 Å². The first-order valence-electron chi connectivity index (χ1n) is 7.38. The molecule has 0 spiro atoms. The first-order chi connectivity index (χ1) is 12.0. The third-order valence-electron chi connectivity index (χ3n) is 3.26. The third kappa shape index (κ3) is 5.56. The van der Waals surface area contributed by atoms with Gasteiger partial charge in [0.1, 0.15) is 5.75 Å². The van der Waals surface area contributed by atoms with E-state index in [0.717, 1.165) is 11.8 Å². The van der Waals surface area contributed by atoms with Crippen molar-refractivity contribution in [2.75, 3.05) is 18.2 Å². The van der Waals surface area contributed by atoms with Crippen LogP contribution in [0.15, 0.2) is 65.3 Å². The minimum Gasteiger partial charge on any atom is -0.497 e. The van der Waals surface area contributed by atoms with Crippen LogP contribution < -0.4 is 10.1 Å². The largest absolute Gasteiger partial charge is 0.497 e. The molecule has 0 saturated heterocycles. The SMILES string of the molecule is COc1ccc(NC(=O)c2ccccc2SCCC(F)=C(F)F)cc1. The van der Waals surface area contributed by atoms with E-state index < -0.39 is 11.9 Å². The Morgan fingerprint density at radius 2 is 1.76 bits per heavy atom. The highest BCUT2D eigenvalue weighted by Crippen LogP contribution is 2.26.